The van der Waals surface area contributed by atoms with Gasteiger partial charge in [0.15, 0.2) is 0 Å². The molecule has 0 aromatic heterocycles. The summed E-state index contributed by atoms with van der Waals surface area (Å²) in [6.07, 6.45) is 7.12. The molecule has 0 saturated carbocycles. The topological polar surface area (TPSA) is 96.2 Å². The van der Waals surface area contributed by atoms with Gasteiger partial charge >= 0.3 is 6.09 Å². The van der Waals surface area contributed by atoms with E-state index in [9.17, 15) is 19.7 Å². The lowest BCUT2D eigenvalue weighted by molar-refractivity contribution is -0.384. The number of amides is 2. The molecule has 2 atom stereocenters. The summed E-state index contributed by atoms with van der Waals surface area (Å²) < 4.78 is 5.61. The van der Waals surface area contributed by atoms with E-state index in [1.165, 1.54) is 23.3 Å². The minimum Gasteiger partial charge on any atom is -0.445 e. The second-order valence-corrected chi connectivity index (χ2v) is 13.0. The average molecular weight is 649 g/mol. The molecule has 4 rings (SSSR count). The molecule has 2 fully saturated rings. The van der Waals surface area contributed by atoms with E-state index in [2.05, 4.69) is 44.4 Å². The van der Waals surface area contributed by atoms with Crippen LogP contribution in [-0.2, 0) is 11.3 Å². The SMILES string of the molecule is C=CCN(C(=O)OCc1ccc([N+](=O)[O-])cc1)C1CCN(CC2(C)CN(C(=O)c3ccccc3Cl)C/C2=C(/C)C(C)/C=C\C)CC1. The second kappa shape index (κ2) is 15.6. The molecule has 0 bridgehead atoms. The van der Waals surface area contributed by atoms with Gasteiger partial charge in [-0.05, 0) is 68.0 Å². The Labute approximate surface area is 277 Å². The summed E-state index contributed by atoms with van der Waals surface area (Å²) in [5.74, 6) is 0.203. The number of nitro benzene ring substituents is 1. The Bertz CT molecular complexity index is 1480. The highest BCUT2D eigenvalue weighted by Crippen LogP contribution is 2.41. The van der Waals surface area contributed by atoms with Crippen molar-refractivity contribution in [2.75, 3.05) is 39.3 Å². The number of carbonyl (C=O) groups excluding carboxylic acids is 2. The van der Waals surface area contributed by atoms with Crippen molar-refractivity contribution in [1.29, 1.82) is 0 Å². The van der Waals surface area contributed by atoms with Crippen LogP contribution in [0.4, 0.5) is 10.5 Å². The lowest BCUT2D eigenvalue weighted by Crippen LogP contribution is -2.50. The van der Waals surface area contributed by atoms with Crippen LogP contribution in [0.1, 0.15) is 56.5 Å². The molecule has 2 heterocycles. The summed E-state index contributed by atoms with van der Waals surface area (Å²) in [5, 5.41) is 11.4. The highest BCUT2D eigenvalue weighted by Gasteiger charge is 2.44. The first kappa shape index (κ1) is 34.9. The van der Waals surface area contributed by atoms with Crippen LogP contribution in [0.15, 0.2) is 84.5 Å². The third-order valence-electron chi connectivity index (χ3n) is 9.29. The number of allylic oxidation sites excluding steroid dienone is 3. The molecular weight excluding hydrogens is 604 g/mol. The molecule has 0 N–H and O–H groups in total. The fraction of sp³-hybridized carbons (Fsp3) is 0.444. The number of nitro groups is 1. The Balaban J connectivity index is 1.43. The van der Waals surface area contributed by atoms with Gasteiger partial charge in [-0.3, -0.25) is 14.9 Å². The number of ether oxygens (including phenoxy) is 1. The van der Waals surface area contributed by atoms with Crippen LogP contribution >= 0.6 is 11.6 Å². The van der Waals surface area contributed by atoms with Gasteiger partial charge in [-0.1, -0.05) is 61.4 Å². The van der Waals surface area contributed by atoms with E-state index in [0.29, 0.717) is 35.8 Å². The molecule has 9 nitrogen and oxygen atoms in total. The molecule has 0 spiro atoms. The quantitative estimate of drug-likeness (QED) is 0.142. The second-order valence-electron chi connectivity index (χ2n) is 12.6. The summed E-state index contributed by atoms with van der Waals surface area (Å²) in [6, 6.07) is 13.2. The maximum Gasteiger partial charge on any atom is 0.410 e. The molecule has 2 aromatic rings. The predicted octanol–water partition coefficient (Wildman–Crippen LogP) is 7.53. The molecule has 246 valence electrons. The van der Waals surface area contributed by atoms with Gasteiger partial charge in [-0.15, -0.1) is 6.58 Å². The molecule has 2 aliphatic rings. The van der Waals surface area contributed by atoms with E-state index < -0.39 is 11.0 Å². The molecule has 0 radical (unpaired) electrons. The van der Waals surface area contributed by atoms with Crippen molar-refractivity contribution in [3.05, 3.63) is 111 Å². The number of likely N-dealkylation sites (tertiary alicyclic amines) is 2. The van der Waals surface area contributed by atoms with Crippen LogP contribution in [0.2, 0.25) is 5.02 Å². The van der Waals surface area contributed by atoms with Gasteiger partial charge in [0, 0.05) is 62.9 Å². The Hall–Kier alpha value is -3.95. The molecule has 46 heavy (non-hydrogen) atoms. The number of halogens is 1. The number of nitrogens with zero attached hydrogens (tertiary/aromatic N) is 4. The summed E-state index contributed by atoms with van der Waals surface area (Å²) in [4.78, 5) is 43.4. The van der Waals surface area contributed by atoms with Crippen molar-refractivity contribution < 1.29 is 19.2 Å². The van der Waals surface area contributed by atoms with E-state index >= 15 is 0 Å². The normalized spacial score (nSPS) is 20.8. The maximum atomic E-state index is 13.6. The number of carbonyl (C=O) groups is 2. The number of benzene rings is 2. The van der Waals surface area contributed by atoms with E-state index in [0.717, 1.165) is 32.5 Å². The highest BCUT2D eigenvalue weighted by atomic mass is 35.5. The molecule has 10 heteroatoms. The van der Waals surface area contributed by atoms with Crippen LogP contribution < -0.4 is 0 Å². The van der Waals surface area contributed by atoms with E-state index in [4.69, 9.17) is 16.3 Å². The van der Waals surface area contributed by atoms with E-state index in [1.54, 1.807) is 35.2 Å². The largest absolute Gasteiger partial charge is 0.445 e. The first-order valence-corrected chi connectivity index (χ1v) is 16.2. The van der Waals surface area contributed by atoms with Crippen molar-refractivity contribution in [2.45, 2.75) is 53.2 Å². The number of non-ortho nitro benzene ring substituents is 1. The fourth-order valence-electron chi connectivity index (χ4n) is 6.69. The van der Waals surface area contributed by atoms with Gasteiger partial charge in [0.2, 0.25) is 0 Å². The molecular formula is C36H45ClN4O5. The van der Waals surface area contributed by atoms with Gasteiger partial charge in [0.25, 0.3) is 11.6 Å². The maximum absolute atomic E-state index is 13.6. The van der Waals surface area contributed by atoms with Crippen molar-refractivity contribution >= 4 is 29.3 Å². The Morgan fingerprint density at radius 2 is 1.87 bits per heavy atom. The molecule has 0 aliphatic carbocycles. The minimum absolute atomic E-state index is 0.000226. The highest BCUT2D eigenvalue weighted by molar-refractivity contribution is 6.33. The Kier molecular flexibility index (Phi) is 11.8. The van der Waals surface area contributed by atoms with Gasteiger partial charge in [-0.25, -0.2) is 4.79 Å². The first-order valence-electron chi connectivity index (χ1n) is 15.8. The Morgan fingerprint density at radius 3 is 2.48 bits per heavy atom. The fourth-order valence-corrected chi connectivity index (χ4v) is 6.91. The number of hydrogen-bond donors (Lipinski definition) is 0. The third kappa shape index (κ3) is 8.25. The number of rotatable bonds is 11. The van der Waals surface area contributed by atoms with Crippen molar-refractivity contribution in [1.82, 2.24) is 14.7 Å². The van der Waals surface area contributed by atoms with Gasteiger partial charge in [0.1, 0.15) is 6.61 Å². The van der Waals surface area contributed by atoms with Crippen LogP contribution in [0.25, 0.3) is 0 Å². The number of piperidine rings is 1. The van der Waals surface area contributed by atoms with E-state index in [-0.39, 0.29) is 35.6 Å². The average Bonchev–Trinajstić information content (AvgIpc) is 3.39. The summed E-state index contributed by atoms with van der Waals surface area (Å²) in [5.41, 5.74) is 3.54. The summed E-state index contributed by atoms with van der Waals surface area (Å²) >= 11 is 6.42. The Morgan fingerprint density at radius 1 is 1.20 bits per heavy atom. The van der Waals surface area contributed by atoms with Crippen molar-refractivity contribution in [2.24, 2.45) is 11.3 Å². The van der Waals surface area contributed by atoms with Gasteiger partial charge in [-0.2, -0.15) is 0 Å². The molecule has 2 aliphatic heterocycles. The smallest absolute Gasteiger partial charge is 0.410 e. The van der Waals surface area contributed by atoms with Crippen molar-refractivity contribution in [3.63, 3.8) is 0 Å². The monoisotopic (exact) mass is 648 g/mol. The zero-order valence-corrected chi connectivity index (χ0v) is 28.0. The zero-order chi connectivity index (χ0) is 33.4. The molecule has 2 saturated heterocycles. The van der Waals surface area contributed by atoms with Crippen LogP contribution in [-0.4, -0.2) is 76.9 Å². The predicted molar refractivity (Wildman–Crippen MR) is 182 cm³/mol. The minimum atomic E-state index is -0.458. The van der Waals surface area contributed by atoms with Gasteiger partial charge in [0.05, 0.1) is 15.5 Å². The third-order valence-corrected chi connectivity index (χ3v) is 9.62. The lowest BCUT2D eigenvalue weighted by atomic mass is 9.79. The molecule has 2 aromatic carbocycles. The standard InChI is InChI=1S/C36H45ClN4O5/c1-6-10-26(3)27(4)32-22-39(34(42)31-11-8-9-12-33(31)37)25-36(32,5)24-38-20-17-29(18-21-38)40(19-7-2)35(43)46-23-28-13-15-30(16-14-28)41(44)45/h6-16,26,29H,2,17-25H2,1,3-5H3/b10-6-,32-27+. The van der Waals surface area contributed by atoms with Crippen LogP contribution in [0.5, 0.6) is 0 Å². The molecule has 2 amide bonds. The van der Waals surface area contributed by atoms with Gasteiger partial charge < -0.3 is 19.4 Å². The lowest BCUT2D eigenvalue weighted by Gasteiger charge is -2.41. The van der Waals surface area contributed by atoms with Crippen LogP contribution in [0.3, 0.4) is 0 Å². The van der Waals surface area contributed by atoms with Crippen molar-refractivity contribution in [3.8, 4) is 0 Å². The van der Waals surface area contributed by atoms with Crippen LogP contribution in [0, 0.1) is 21.4 Å². The first-order chi connectivity index (χ1) is 22.0. The molecule has 2 unspecified atom stereocenters. The summed E-state index contributed by atoms with van der Waals surface area (Å²) in [6.45, 7) is 16.5. The summed E-state index contributed by atoms with van der Waals surface area (Å²) in [7, 11) is 0. The van der Waals surface area contributed by atoms with E-state index in [1.807, 2.05) is 24.0 Å². The number of hydrogen-bond acceptors (Lipinski definition) is 6. The zero-order valence-electron chi connectivity index (χ0n) is 27.3.